The van der Waals surface area contributed by atoms with Crippen LogP contribution >= 0.6 is 0 Å². The van der Waals surface area contributed by atoms with E-state index >= 15 is 0 Å². The fourth-order valence-electron chi connectivity index (χ4n) is 0.698. The number of hydrogen-bond acceptors (Lipinski definition) is 2. The van der Waals surface area contributed by atoms with Gasteiger partial charge in [0.25, 0.3) is 0 Å². The maximum atomic E-state index is 11.1. The van der Waals surface area contributed by atoms with E-state index in [0.29, 0.717) is 6.04 Å². The quantitative estimate of drug-likeness (QED) is 0.492. The molecule has 0 aliphatic heterocycles. The Labute approximate surface area is 76.3 Å². The van der Waals surface area contributed by atoms with Gasteiger partial charge in [-0.2, -0.15) is 0 Å². The number of methoxy groups -OCH3 is 1. The standard InChI is InChI=1S/C9H20O2Si/c1-9(2,3)12(5,6)7-8(10)11-4/h7H2,1-6H3. The summed E-state index contributed by atoms with van der Waals surface area (Å²) < 4.78 is 4.68. The first kappa shape index (κ1) is 11.7. The summed E-state index contributed by atoms with van der Waals surface area (Å²) in [7, 11) is -0.00965. The van der Waals surface area contributed by atoms with Crippen LogP contribution in [0.2, 0.25) is 24.2 Å². The lowest BCUT2D eigenvalue weighted by atomic mass is 10.2. The van der Waals surface area contributed by atoms with E-state index in [9.17, 15) is 4.79 Å². The molecule has 0 aromatic rings. The van der Waals surface area contributed by atoms with Gasteiger partial charge in [0.15, 0.2) is 0 Å². The molecular formula is C9H20O2Si. The van der Waals surface area contributed by atoms with Gasteiger partial charge in [0.1, 0.15) is 0 Å². The maximum absolute atomic E-state index is 11.1. The first-order valence-electron chi connectivity index (χ1n) is 4.27. The largest absolute Gasteiger partial charge is 0.469 e. The average Bonchev–Trinajstić information content (AvgIpc) is 1.84. The zero-order valence-electron chi connectivity index (χ0n) is 9.02. The van der Waals surface area contributed by atoms with Crippen molar-refractivity contribution in [3.63, 3.8) is 0 Å². The van der Waals surface area contributed by atoms with Gasteiger partial charge in [0, 0.05) is 6.04 Å². The van der Waals surface area contributed by atoms with Crippen molar-refractivity contribution in [1.82, 2.24) is 0 Å². The molecule has 3 heteroatoms. The number of ether oxygens (including phenoxy) is 1. The van der Waals surface area contributed by atoms with E-state index in [0.717, 1.165) is 0 Å². The summed E-state index contributed by atoms with van der Waals surface area (Å²) in [5, 5.41) is 0.265. The van der Waals surface area contributed by atoms with Gasteiger partial charge in [0.2, 0.25) is 0 Å². The predicted octanol–water partition coefficient (Wildman–Crippen LogP) is 2.67. The van der Waals surface area contributed by atoms with Gasteiger partial charge >= 0.3 is 5.97 Å². The second-order valence-corrected chi connectivity index (χ2v) is 10.5. The van der Waals surface area contributed by atoms with E-state index in [1.54, 1.807) is 0 Å². The van der Waals surface area contributed by atoms with E-state index in [1.807, 2.05) is 0 Å². The van der Waals surface area contributed by atoms with Gasteiger partial charge in [-0.25, -0.2) is 0 Å². The molecule has 0 saturated heterocycles. The summed E-state index contributed by atoms with van der Waals surface area (Å²) in [5.74, 6) is -0.0680. The molecule has 0 bridgehead atoms. The van der Waals surface area contributed by atoms with Crippen LogP contribution in [-0.4, -0.2) is 21.2 Å². The lowest BCUT2D eigenvalue weighted by molar-refractivity contribution is -0.138. The Bertz CT molecular complexity index is 168. The minimum Gasteiger partial charge on any atom is -0.469 e. The van der Waals surface area contributed by atoms with Crippen molar-refractivity contribution in [3.05, 3.63) is 0 Å². The summed E-state index contributed by atoms with van der Waals surface area (Å²) in [6, 6.07) is 0.618. The Balaban J connectivity index is 4.33. The third kappa shape index (κ3) is 2.97. The monoisotopic (exact) mass is 188 g/mol. The van der Waals surface area contributed by atoms with Crippen molar-refractivity contribution in [1.29, 1.82) is 0 Å². The molecule has 0 amide bonds. The predicted molar refractivity (Wildman–Crippen MR) is 54.0 cm³/mol. The second kappa shape index (κ2) is 3.60. The SMILES string of the molecule is COC(=O)C[Si](C)(C)C(C)(C)C. The van der Waals surface area contributed by atoms with Gasteiger partial charge in [-0.05, 0) is 5.04 Å². The topological polar surface area (TPSA) is 26.3 Å². The van der Waals surface area contributed by atoms with Crippen molar-refractivity contribution < 1.29 is 9.53 Å². The van der Waals surface area contributed by atoms with Gasteiger partial charge in [-0.1, -0.05) is 33.9 Å². The van der Waals surface area contributed by atoms with Crippen LogP contribution in [0.5, 0.6) is 0 Å². The van der Waals surface area contributed by atoms with Crippen LogP contribution in [0.25, 0.3) is 0 Å². The second-order valence-electron chi connectivity index (χ2n) is 4.89. The highest BCUT2D eigenvalue weighted by Crippen LogP contribution is 2.38. The van der Waals surface area contributed by atoms with Crippen molar-refractivity contribution >= 4 is 14.0 Å². The van der Waals surface area contributed by atoms with Crippen molar-refractivity contribution in [2.75, 3.05) is 7.11 Å². The Kier molecular flexibility index (Phi) is 3.51. The van der Waals surface area contributed by atoms with E-state index in [4.69, 9.17) is 0 Å². The maximum Gasteiger partial charge on any atom is 0.302 e. The normalized spacial score (nSPS) is 12.8. The molecule has 0 radical (unpaired) electrons. The van der Waals surface area contributed by atoms with Crippen LogP contribution < -0.4 is 0 Å². The zero-order chi connectivity index (χ0) is 9.99. The molecule has 0 N–H and O–H groups in total. The van der Waals surface area contributed by atoms with E-state index in [-0.39, 0.29) is 11.0 Å². The lowest BCUT2D eigenvalue weighted by Gasteiger charge is -2.35. The molecule has 0 heterocycles. The van der Waals surface area contributed by atoms with E-state index in [2.05, 4.69) is 38.6 Å². The minimum atomic E-state index is -1.46. The molecule has 2 nitrogen and oxygen atoms in total. The zero-order valence-corrected chi connectivity index (χ0v) is 10.0. The van der Waals surface area contributed by atoms with E-state index in [1.165, 1.54) is 7.11 Å². The van der Waals surface area contributed by atoms with Gasteiger partial charge < -0.3 is 4.74 Å². The number of rotatable bonds is 2. The van der Waals surface area contributed by atoms with Gasteiger partial charge in [0.05, 0.1) is 15.2 Å². The molecule has 72 valence electrons. The van der Waals surface area contributed by atoms with Gasteiger partial charge in [-0.3, -0.25) is 4.79 Å². The van der Waals surface area contributed by atoms with Crippen LogP contribution in [0.1, 0.15) is 20.8 Å². The molecule has 0 rings (SSSR count). The molecule has 0 fully saturated rings. The first-order chi connectivity index (χ1) is 5.20. The Morgan fingerprint density at radius 1 is 1.33 bits per heavy atom. The number of carbonyl (C=O) groups excluding carboxylic acids is 1. The molecule has 0 aromatic carbocycles. The van der Waals surface area contributed by atoms with Crippen molar-refractivity contribution in [3.8, 4) is 0 Å². The first-order valence-corrected chi connectivity index (χ1v) is 7.48. The third-order valence-corrected chi connectivity index (χ3v) is 8.08. The fourth-order valence-corrected chi connectivity index (χ4v) is 2.09. The summed E-state index contributed by atoms with van der Waals surface area (Å²) >= 11 is 0. The van der Waals surface area contributed by atoms with Gasteiger partial charge in [-0.15, -0.1) is 0 Å². The van der Waals surface area contributed by atoms with Crippen LogP contribution in [0.3, 0.4) is 0 Å². The smallest absolute Gasteiger partial charge is 0.302 e. The molecule has 0 unspecified atom stereocenters. The van der Waals surface area contributed by atoms with Crippen LogP contribution in [-0.2, 0) is 9.53 Å². The molecule has 0 aromatic heterocycles. The minimum absolute atomic E-state index is 0.0680. The van der Waals surface area contributed by atoms with Crippen molar-refractivity contribution in [2.45, 2.75) is 44.9 Å². The molecular weight excluding hydrogens is 168 g/mol. The molecule has 0 spiro atoms. The Morgan fingerprint density at radius 2 is 1.75 bits per heavy atom. The van der Waals surface area contributed by atoms with Crippen molar-refractivity contribution in [2.24, 2.45) is 0 Å². The lowest BCUT2D eigenvalue weighted by Crippen LogP contribution is -2.39. The summed E-state index contributed by atoms with van der Waals surface area (Å²) in [5.41, 5.74) is 0. The highest BCUT2D eigenvalue weighted by Gasteiger charge is 2.37. The molecule has 0 aliphatic rings. The molecule has 0 aliphatic carbocycles. The number of carbonyl (C=O) groups is 1. The van der Waals surface area contributed by atoms with E-state index < -0.39 is 8.07 Å². The highest BCUT2D eigenvalue weighted by molar-refractivity contribution is 6.82. The molecule has 0 saturated carbocycles. The molecule has 12 heavy (non-hydrogen) atoms. The van der Waals surface area contributed by atoms with Crippen LogP contribution in [0.4, 0.5) is 0 Å². The number of esters is 1. The third-order valence-electron chi connectivity index (χ3n) is 2.84. The number of hydrogen-bond donors (Lipinski definition) is 0. The highest BCUT2D eigenvalue weighted by atomic mass is 28.3. The Hall–Kier alpha value is -0.313. The van der Waals surface area contributed by atoms with Crippen LogP contribution in [0, 0.1) is 0 Å². The molecule has 0 atom stereocenters. The average molecular weight is 188 g/mol. The fraction of sp³-hybridized carbons (Fsp3) is 0.889. The summed E-state index contributed by atoms with van der Waals surface area (Å²) in [6.07, 6.45) is 0. The van der Waals surface area contributed by atoms with Crippen LogP contribution in [0.15, 0.2) is 0 Å². The summed E-state index contributed by atoms with van der Waals surface area (Å²) in [6.45, 7) is 11.0. The Morgan fingerprint density at radius 3 is 2.00 bits per heavy atom. The summed E-state index contributed by atoms with van der Waals surface area (Å²) in [4.78, 5) is 11.1.